The molecule has 0 unspecified atom stereocenters. The van der Waals surface area contributed by atoms with Gasteiger partial charge in [-0.25, -0.2) is 9.97 Å². The summed E-state index contributed by atoms with van der Waals surface area (Å²) in [5.41, 5.74) is 1.99. The third kappa shape index (κ3) is 2.92. The smallest absolute Gasteiger partial charge is 0.275 e. The van der Waals surface area contributed by atoms with Crippen molar-refractivity contribution in [2.24, 2.45) is 0 Å². The van der Waals surface area contributed by atoms with Gasteiger partial charge >= 0.3 is 0 Å². The van der Waals surface area contributed by atoms with Crippen LogP contribution in [-0.2, 0) is 0 Å². The maximum atomic E-state index is 12.2. The van der Waals surface area contributed by atoms with Gasteiger partial charge in [0.05, 0.1) is 11.2 Å². The number of benzene rings is 1. The average Bonchev–Trinajstić information content (AvgIpc) is 2.50. The van der Waals surface area contributed by atoms with Crippen molar-refractivity contribution in [2.75, 3.05) is 5.32 Å². The standard InChI is InChI=1S/C16H12BrN3O/c1-10-12(17)7-9-15(18-10)20-16(21)14-8-6-11-4-2-3-5-13(11)19-14/h2-9H,1H3,(H,18,20,21). The number of carbonyl (C=O) groups excluding carboxylic acids is 1. The summed E-state index contributed by atoms with van der Waals surface area (Å²) in [6.45, 7) is 1.87. The molecule has 21 heavy (non-hydrogen) atoms. The van der Waals surface area contributed by atoms with Gasteiger partial charge in [-0.15, -0.1) is 0 Å². The van der Waals surface area contributed by atoms with Gasteiger partial charge in [0, 0.05) is 9.86 Å². The number of rotatable bonds is 2. The summed E-state index contributed by atoms with van der Waals surface area (Å²) in [7, 11) is 0. The van der Waals surface area contributed by atoms with E-state index in [9.17, 15) is 4.79 Å². The first-order chi connectivity index (χ1) is 10.1. The van der Waals surface area contributed by atoms with Crippen LogP contribution in [0.25, 0.3) is 10.9 Å². The van der Waals surface area contributed by atoms with Crippen LogP contribution in [0.15, 0.2) is 53.0 Å². The van der Waals surface area contributed by atoms with Gasteiger partial charge in [0.1, 0.15) is 11.5 Å². The molecule has 5 heteroatoms. The summed E-state index contributed by atoms with van der Waals surface area (Å²) in [6.07, 6.45) is 0. The highest BCUT2D eigenvalue weighted by Gasteiger charge is 2.09. The number of anilines is 1. The maximum absolute atomic E-state index is 12.2. The monoisotopic (exact) mass is 341 g/mol. The molecule has 0 saturated carbocycles. The second-order valence-electron chi connectivity index (χ2n) is 4.61. The highest BCUT2D eigenvalue weighted by atomic mass is 79.9. The second kappa shape index (κ2) is 5.61. The molecule has 1 aromatic carbocycles. The van der Waals surface area contributed by atoms with Crippen LogP contribution in [0.4, 0.5) is 5.82 Å². The van der Waals surface area contributed by atoms with E-state index in [0.717, 1.165) is 21.1 Å². The Morgan fingerprint density at radius 1 is 1.05 bits per heavy atom. The lowest BCUT2D eigenvalue weighted by Crippen LogP contribution is -2.14. The fourth-order valence-electron chi connectivity index (χ4n) is 1.99. The zero-order chi connectivity index (χ0) is 14.8. The molecule has 3 aromatic rings. The van der Waals surface area contributed by atoms with Gasteiger partial charge in [-0.3, -0.25) is 4.79 Å². The molecule has 2 heterocycles. The first-order valence-electron chi connectivity index (χ1n) is 6.44. The van der Waals surface area contributed by atoms with Gasteiger partial charge in [-0.1, -0.05) is 24.3 Å². The molecule has 1 N–H and O–H groups in total. The van der Waals surface area contributed by atoms with Crippen molar-refractivity contribution in [1.29, 1.82) is 0 Å². The molecule has 4 nitrogen and oxygen atoms in total. The zero-order valence-electron chi connectivity index (χ0n) is 11.3. The molecular formula is C16H12BrN3O. The molecule has 0 spiro atoms. The molecule has 0 atom stereocenters. The fourth-order valence-corrected chi connectivity index (χ4v) is 2.21. The number of aryl methyl sites for hydroxylation is 1. The first-order valence-corrected chi connectivity index (χ1v) is 7.23. The number of para-hydroxylation sites is 1. The normalized spacial score (nSPS) is 10.6. The molecule has 0 aliphatic heterocycles. The van der Waals surface area contributed by atoms with Crippen LogP contribution in [0.3, 0.4) is 0 Å². The lowest BCUT2D eigenvalue weighted by Gasteiger charge is -2.06. The number of nitrogens with one attached hydrogen (secondary N) is 1. The molecule has 104 valence electrons. The van der Waals surface area contributed by atoms with Crippen LogP contribution in [0.5, 0.6) is 0 Å². The Morgan fingerprint density at radius 3 is 2.67 bits per heavy atom. The number of aromatic nitrogens is 2. The summed E-state index contributed by atoms with van der Waals surface area (Å²) >= 11 is 3.38. The SMILES string of the molecule is Cc1nc(NC(=O)c2ccc3ccccc3n2)ccc1Br. The van der Waals surface area contributed by atoms with Crippen LogP contribution in [0, 0.1) is 6.92 Å². The number of halogens is 1. The Labute approximate surface area is 130 Å². The average molecular weight is 342 g/mol. The molecule has 0 bridgehead atoms. The van der Waals surface area contributed by atoms with Crippen molar-refractivity contribution in [3.05, 3.63) is 64.4 Å². The largest absolute Gasteiger partial charge is 0.305 e. The van der Waals surface area contributed by atoms with Crippen molar-refractivity contribution in [3.8, 4) is 0 Å². The summed E-state index contributed by atoms with van der Waals surface area (Å²) < 4.78 is 0.907. The summed E-state index contributed by atoms with van der Waals surface area (Å²) in [6, 6.07) is 14.9. The van der Waals surface area contributed by atoms with E-state index in [-0.39, 0.29) is 5.91 Å². The Bertz CT molecular complexity index is 833. The van der Waals surface area contributed by atoms with Crippen molar-refractivity contribution < 1.29 is 4.79 Å². The summed E-state index contributed by atoms with van der Waals surface area (Å²) in [5, 5.41) is 3.76. The van der Waals surface area contributed by atoms with E-state index in [2.05, 4.69) is 31.2 Å². The summed E-state index contributed by atoms with van der Waals surface area (Å²) in [4.78, 5) is 20.9. The van der Waals surface area contributed by atoms with Crippen LogP contribution in [-0.4, -0.2) is 15.9 Å². The third-order valence-electron chi connectivity index (χ3n) is 3.09. The first kappa shape index (κ1) is 13.7. The van der Waals surface area contributed by atoms with E-state index in [1.165, 1.54) is 0 Å². The molecule has 0 aliphatic rings. The van der Waals surface area contributed by atoms with Crippen LogP contribution >= 0.6 is 15.9 Å². The number of nitrogens with zero attached hydrogens (tertiary/aromatic N) is 2. The van der Waals surface area contributed by atoms with Crippen molar-refractivity contribution in [3.63, 3.8) is 0 Å². The van der Waals surface area contributed by atoms with Crippen molar-refractivity contribution >= 4 is 38.6 Å². The third-order valence-corrected chi connectivity index (χ3v) is 3.93. The highest BCUT2D eigenvalue weighted by Crippen LogP contribution is 2.17. The number of hydrogen-bond acceptors (Lipinski definition) is 3. The van der Waals surface area contributed by atoms with Gasteiger partial charge in [0.2, 0.25) is 0 Å². The highest BCUT2D eigenvalue weighted by molar-refractivity contribution is 9.10. The predicted molar refractivity (Wildman–Crippen MR) is 86.4 cm³/mol. The topological polar surface area (TPSA) is 54.9 Å². The lowest BCUT2D eigenvalue weighted by molar-refractivity contribution is 0.102. The maximum Gasteiger partial charge on any atom is 0.275 e. The van der Waals surface area contributed by atoms with E-state index >= 15 is 0 Å². The van der Waals surface area contributed by atoms with Gasteiger partial charge in [-0.2, -0.15) is 0 Å². The number of fused-ring (bicyclic) bond motifs is 1. The number of hydrogen-bond donors (Lipinski definition) is 1. The quantitative estimate of drug-likeness (QED) is 0.767. The minimum absolute atomic E-state index is 0.269. The zero-order valence-corrected chi connectivity index (χ0v) is 12.9. The van der Waals surface area contributed by atoms with E-state index in [1.807, 2.05) is 43.3 Å². The Balaban J connectivity index is 1.87. The Kier molecular flexibility index (Phi) is 3.66. The molecular weight excluding hydrogens is 330 g/mol. The minimum Gasteiger partial charge on any atom is -0.305 e. The molecule has 3 rings (SSSR count). The Hall–Kier alpha value is -2.27. The summed E-state index contributed by atoms with van der Waals surface area (Å²) in [5.74, 6) is 0.241. The van der Waals surface area contributed by atoms with Gasteiger partial charge in [0.25, 0.3) is 5.91 Å². The van der Waals surface area contributed by atoms with E-state index in [4.69, 9.17) is 0 Å². The fraction of sp³-hybridized carbons (Fsp3) is 0.0625. The van der Waals surface area contributed by atoms with Crippen LogP contribution in [0.2, 0.25) is 0 Å². The van der Waals surface area contributed by atoms with Crippen LogP contribution in [0.1, 0.15) is 16.2 Å². The second-order valence-corrected chi connectivity index (χ2v) is 5.46. The van der Waals surface area contributed by atoms with E-state index < -0.39 is 0 Å². The number of carbonyl (C=O) groups is 1. The predicted octanol–water partition coefficient (Wildman–Crippen LogP) is 3.95. The molecule has 0 saturated heterocycles. The number of pyridine rings is 2. The molecule has 0 radical (unpaired) electrons. The molecule has 0 fully saturated rings. The molecule has 0 aliphatic carbocycles. The van der Waals surface area contributed by atoms with Crippen molar-refractivity contribution in [1.82, 2.24) is 9.97 Å². The van der Waals surface area contributed by atoms with Crippen LogP contribution < -0.4 is 5.32 Å². The van der Waals surface area contributed by atoms with Gasteiger partial charge in [0.15, 0.2) is 0 Å². The van der Waals surface area contributed by atoms with Gasteiger partial charge < -0.3 is 5.32 Å². The van der Waals surface area contributed by atoms with Crippen molar-refractivity contribution in [2.45, 2.75) is 6.92 Å². The number of amides is 1. The lowest BCUT2D eigenvalue weighted by atomic mass is 10.2. The van der Waals surface area contributed by atoms with Gasteiger partial charge in [-0.05, 0) is 47.1 Å². The van der Waals surface area contributed by atoms with E-state index in [0.29, 0.717) is 11.5 Å². The minimum atomic E-state index is -0.269. The van der Waals surface area contributed by atoms with E-state index in [1.54, 1.807) is 12.1 Å². The molecule has 1 amide bonds. The molecule has 2 aromatic heterocycles. The Morgan fingerprint density at radius 2 is 1.86 bits per heavy atom.